The van der Waals surface area contributed by atoms with Crippen LogP contribution in [0, 0.1) is 0 Å². The van der Waals surface area contributed by atoms with E-state index in [9.17, 15) is 5.11 Å². The highest BCUT2D eigenvalue weighted by Crippen LogP contribution is 2.32. The fraction of sp³-hybridized carbons (Fsp3) is 0.273. The Kier molecular flexibility index (Phi) is 6.63. The van der Waals surface area contributed by atoms with Crippen molar-refractivity contribution in [2.45, 2.75) is 0 Å². The van der Waals surface area contributed by atoms with Gasteiger partial charge in [0.05, 0.1) is 12.8 Å². The lowest BCUT2D eigenvalue weighted by Gasteiger charge is -2.35. The van der Waals surface area contributed by atoms with Gasteiger partial charge in [0.2, 0.25) is 5.95 Å². The summed E-state index contributed by atoms with van der Waals surface area (Å²) < 4.78 is 6.09. The first-order valence-electron chi connectivity index (χ1n) is 9.92. The van der Waals surface area contributed by atoms with Gasteiger partial charge in [-0.25, -0.2) is 4.98 Å². The number of benzene rings is 2. The van der Waals surface area contributed by atoms with Gasteiger partial charge in [-0.3, -0.25) is 4.90 Å². The average Bonchev–Trinajstić information content (AvgIpc) is 2.78. The maximum Gasteiger partial charge on any atom is 0.229 e. The van der Waals surface area contributed by atoms with Crippen LogP contribution < -0.4 is 15.0 Å². The van der Waals surface area contributed by atoms with Crippen molar-refractivity contribution in [3.8, 4) is 11.5 Å². The smallest absolute Gasteiger partial charge is 0.229 e. The third-order valence-corrected chi connectivity index (χ3v) is 5.15. The van der Waals surface area contributed by atoms with Crippen LogP contribution in [0.5, 0.6) is 11.5 Å². The van der Waals surface area contributed by atoms with Crippen LogP contribution in [0.2, 0.25) is 5.02 Å². The number of para-hydroxylation sites is 1. The van der Waals surface area contributed by atoms with Crippen molar-refractivity contribution in [2.75, 3.05) is 49.5 Å². The lowest BCUT2D eigenvalue weighted by Crippen LogP contribution is -2.47. The summed E-state index contributed by atoms with van der Waals surface area (Å²) in [6.07, 6.45) is 1.70. The zero-order chi connectivity index (χ0) is 20.8. The Hall–Kier alpha value is -2.87. The molecule has 30 heavy (non-hydrogen) atoms. The Labute approximate surface area is 180 Å². The third kappa shape index (κ3) is 5.18. The molecule has 1 aliphatic rings. The van der Waals surface area contributed by atoms with E-state index in [-0.39, 0.29) is 6.61 Å². The van der Waals surface area contributed by atoms with Crippen molar-refractivity contribution in [1.29, 1.82) is 0 Å². The molecule has 0 radical (unpaired) electrons. The number of aliphatic hydroxyl groups is 1. The van der Waals surface area contributed by atoms with E-state index in [2.05, 4.69) is 20.1 Å². The Morgan fingerprint density at radius 3 is 2.43 bits per heavy atom. The number of rotatable bonds is 7. The molecule has 3 aromatic rings. The molecule has 1 aromatic heterocycles. The predicted octanol–water partition coefficient (Wildman–Crippen LogP) is 3.78. The van der Waals surface area contributed by atoms with Crippen LogP contribution in [0.1, 0.15) is 0 Å². The number of nitrogens with one attached hydrogen (secondary N) is 1. The van der Waals surface area contributed by atoms with Gasteiger partial charge in [0.25, 0.3) is 0 Å². The SMILES string of the molecule is OCCN1CCN(c2nc(Nc3ccccc3)ncc2Oc2ccc(Cl)cc2)CC1. The van der Waals surface area contributed by atoms with E-state index in [1.807, 2.05) is 42.5 Å². The zero-order valence-electron chi connectivity index (χ0n) is 16.5. The van der Waals surface area contributed by atoms with Crippen LogP contribution in [0.25, 0.3) is 0 Å². The highest BCUT2D eigenvalue weighted by Gasteiger charge is 2.22. The maximum absolute atomic E-state index is 9.19. The van der Waals surface area contributed by atoms with Gasteiger partial charge in [-0.1, -0.05) is 29.8 Å². The third-order valence-electron chi connectivity index (χ3n) is 4.90. The molecule has 0 amide bonds. The monoisotopic (exact) mass is 425 g/mol. The van der Waals surface area contributed by atoms with Gasteiger partial charge < -0.3 is 20.1 Å². The quantitative estimate of drug-likeness (QED) is 0.596. The van der Waals surface area contributed by atoms with Crippen molar-refractivity contribution in [1.82, 2.24) is 14.9 Å². The van der Waals surface area contributed by atoms with Crippen LogP contribution in [0.15, 0.2) is 60.8 Å². The Balaban J connectivity index is 1.59. The molecule has 1 aliphatic heterocycles. The predicted molar refractivity (Wildman–Crippen MR) is 119 cm³/mol. The first-order valence-corrected chi connectivity index (χ1v) is 10.3. The van der Waals surface area contributed by atoms with E-state index in [1.54, 1.807) is 18.3 Å². The van der Waals surface area contributed by atoms with Gasteiger partial charge in [-0.2, -0.15) is 4.98 Å². The minimum Gasteiger partial charge on any atom is -0.452 e. The summed E-state index contributed by atoms with van der Waals surface area (Å²) in [5, 5.41) is 13.1. The molecule has 0 spiro atoms. The van der Waals surface area contributed by atoms with Crippen molar-refractivity contribution in [3.05, 3.63) is 65.8 Å². The summed E-state index contributed by atoms with van der Waals surface area (Å²) in [6, 6.07) is 17.0. The van der Waals surface area contributed by atoms with Crippen molar-refractivity contribution in [2.24, 2.45) is 0 Å². The second kappa shape index (κ2) is 9.75. The van der Waals surface area contributed by atoms with Gasteiger partial charge in [0, 0.05) is 43.4 Å². The Morgan fingerprint density at radius 2 is 1.73 bits per heavy atom. The van der Waals surface area contributed by atoms with Crippen LogP contribution in [0.4, 0.5) is 17.5 Å². The van der Waals surface area contributed by atoms with Gasteiger partial charge in [-0.05, 0) is 36.4 Å². The van der Waals surface area contributed by atoms with Gasteiger partial charge in [0.1, 0.15) is 5.75 Å². The molecule has 2 heterocycles. The topological polar surface area (TPSA) is 73.8 Å². The van der Waals surface area contributed by atoms with Crippen molar-refractivity contribution >= 4 is 29.1 Å². The number of aromatic nitrogens is 2. The maximum atomic E-state index is 9.19. The number of halogens is 1. The molecule has 7 nitrogen and oxygen atoms in total. The van der Waals surface area contributed by atoms with Crippen molar-refractivity contribution in [3.63, 3.8) is 0 Å². The fourth-order valence-electron chi connectivity index (χ4n) is 3.33. The number of anilines is 3. The molecule has 0 bridgehead atoms. The number of hydrogen-bond acceptors (Lipinski definition) is 7. The molecule has 156 valence electrons. The molecule has 0 unspecified atom stereocenters. The molecule has 1 saturated heterocycles. The summed E-state index contributed by atoms with van der Waals surface area (Å²) in [5.74, 6) is 2.51. The second-order valence-corrected chi connectivity index (χ2v) is 7.42. The number of ether oxygens (including phenoxy) is 1. The molecular weight excluding hydrogens is 402 g/mol. The minimum atomic E-state index is 0.170. The van der Waals surface area contributed by atoms with E-state index >= 15 is 0 Å². The molecular formula is C22H24ClN5O2. The van der Waals surface area contributed by atoms with Crippen LogP contribution in [-0.4, -0.2) is 59.3 Å². The lowest BCUT2D eigenvalue weighted by atomic mass is 10.3. The number of hydrogen-bond donors (Lipinski definition) is 2. The summed E-state index contributed by atoms with van der Waals surface area (Å²) in [5.41, 5.74) is 0.919. The zero-order valence-corrected chi connectivity index (χ0v) is 17.3. The van der Waals surface area contributed by atoms with E-state index in [0.29, 0.717) is 29.0 Å². The first-order chi connectivity index (χ1) is 14.7. The molecule has 0 aliphatic carbocycles. The molecule has 0 saturated carbocycles. The molecule has 2 aromatic carbocycles. The van der Waals surface area contributed by atoms with Gasteiger partial charge in [0.15, 0.2) is 11.6 Å². The Morgan fingerprint density at radius 1 is 1.00 bits per heavy atom. The average molecular weight is 426 g/mol. The molecule has 8 heteroatoms. The van der Waals surface area contributed by atoms with Crippen LogP contribution in [0.3, 0.4) is 0 Å². The van der Waals surface area contributed by atoms with Crippen molar-refractivity contribution < 1.29 is 9.84 Å². The summed E-state index contributed by atoms with van der Waals surface area (Å²) in [6.45, 7) is 4.15. The van der Waals surface area contributed by atoms with Gasteiger partial charge >= 0.3 is 0 Å². The van der Waals surface area contributed by atoms with Gasteiger partial charge in [-0.15, -0.1) is 0 Å². The van der Waals surface area contributed by atoms with E-state index in [0.717, 1.165) is 37.7 Å². The molecule has 2 N–H and O–H groups in total. The van der Waals surface area contributed by atoms with E-state index in [1.165, 1.54) is 0 Å². The standard InChI is InChI=1S/C22H24ClN5O2/c23-17-6-8-19(9-7-17)30-20-16-24-22(25-18-4-2-1-3-5-18)26-21(20)28-12-10-27(11-13-28)14-15-29/h1-9,16,29H,10-15H2,(H,24,25,26). The van der Waals surface area contributed by atoms with Crippen LogP contribution >= 0.6 is 11.6 Å². The minimum absolute atomic E-state index is 0.170. The number of aliphatic hydroxyl groups excluding tert-OH is 1. The summed E-state index contributed by atoms with van der Waals surface area (Å²) in [4.78, 5) is 13.6. The molecule has 0 atom stereocenters. The van der Waals surface area contributed by atoms with Crippen LogP contribution in [-0.2, 0) is 0 Å². The Bertz CT molecular complexity index is 948. The summed E-state index contributed by atoms with van der Waals surface area (Å²) in [7, 11) is 0. The second-order valence-electron chi connectivity index (χ2n) is 6.98. The number of β-amino-alcohol motifs (C(OH)–C–C–N with tert-alkyl or cyclic N) is 1. The highest BCUT2D eigenvalue weighted by molar-refractivity contribution is 6.30. The number of nitrogens with zero attached hydrogens (tertiary/aromatic N) is 4. The fourth-order valence-corrected chi connectivity index (χ4v) is 3.45. The normalized spacial score (nSPS) is 14.5. The van der Waals surface area contributed by atoms with E-state index in [4.69, 9.17) is 21.3 Å². The number of piperazine rings is 1. The van der Waals surface area contributed by atoms with E-state index < -0.39 is 0 Å². The summed E-state index contributed by atoms with van der Waals surface area (Å²) >= 11 is 5.99. The molecule has 1 fully saturated rings. The molecule has 4 rings (SSSR count). The first kappa shape index (κ1) is 20.4. The highest BCUT2D eigenvalue weighted by atomic mass is 35.5. The lowest BCUT2D eigenvalue weighted by molar-refractivity contribution is 0.188. The largest absolute Gasteiger partial charge is 0.452 e.